The van der Waals surface area contributed by atoms with Gasteiger partial charge in [0, 0.05) is 21.8 Å². The lowest BCUT2D eigenvalue weighted by Gasteiger charge is -2.10. The average molecular weight is 505 g/mol. The van der Waals surface area contributed by atoms with Gasteiger partial charge in [0.25, 0.3) is 0 Å². The van der Waals surface area contributed by atoms with Crippen LogP contribution in [-0.4, -0.2) is 10.2 Å². The molecule has 0 aliphatic rings. The van der Waals surface area contributed by atoms with Gasteiger partial charge in [-0.05, 0) is 34.9 Å². The highest BCUT2D eigenvalue weighted by molar-refractivity contribution is 7.98. The zero-order valence-corrected chi connectivity index (χ0v) is 20.0. The monoisotopic (exact) mass is 504 g/mol. The standard InChI is InChI=1S/C28H19F3N2S2/c29-28(30,31)25-16-7-6-15-24(25)27-33-32-26(35-27)20-12-8-13-22(17-20)34-18-21-11-4-5-14-23(21)19-9-2-1-3-10-19/h1-17H,18H2. The molecule has 2 nitrogen and oxygen atoms in total. The molecule has 0 radical (unpaired) electrons. The van der Waals surface area contributed by atoms with Gasteiger partial charge in [0.15, 0.2) is 0 Å². The summed E-state index contributed by atoms with van der Waals surface area (Å²) < 4.78 is 40.3. The third-order valence-corrected chi connectivity index (χ3v) is 7.51. The zero-order chi connectivity index (χ0) is 24.3. The number of aromatic nitrogens is 2. The summed E-state index contributed by atoms with van der Waals surface area (Å²) in [6.07, 6.45) is -4.45. The number of hydrogen-bond donors (Lipinski definition) is 0. The molecule has 1 heterocycles. The Morgan fingerprint density at radius 2 is 1.31 bits per heavy atom. The van der Waals surface area contributed by atoms with E-state index in [0.29, 0.717) is 5.01 Å². The Morgan fingerprint density at radius 3 is 2.11 bits per heavy atom. The van der Waals surface area contributed by atoms with Crippen LogP contribution in [0.2, 0.25) is 0 Å². The largest absolute Gasteiger partial charge is 0.417 e. The molecular formula is C28H19F3N2S2. The van der Waals surface area contributed by atoms with Crippen molar-refractivity contribution in [1.29, 1.82) is 0 Å². The summed E-state index contributed by atoms with van der Waals surface area (Å²) in [5.41, 5.74) is 3.79. The second-order valence-electron chi connectivity index (χ2n) is 7.80. The van der Waals surface area contributed by atoms with Gasteiger partial charge in [-0.3, -0.25) is 0 Å². The maximum Gasteiger partial charge on any atom is 0.417 e. The van der Waals surface area contributed by atoms with E-state index in [4.69, 9.17) is 0 Å². The van der Waals surface area contributed by atoms with Crippen LogP contribution < -0.4 is 0 Å². The molecule has 35 heavy (non-hydrogen) atoms. The Morgan fingerprint density at radius 1 is 0.657 bits per heavy atom. The van der Waals surface area contributed by atoms with Crippen LogP contribution in [0.5, 0.6) is 0 Å². The summed E-state index contributed by atoms with van der Waals surface area (Å²) in [6, 6.07) is 32.0. The fourth-order valence-corrected chi connectivity index (χ4v) is 5.63. The lowest BCUT2D eigenvalue weighted by atomic mass is 10.0. The number of rotatable bonds is 6. The molecule has 0 saturated heterocycles. The van der Waals surface area contributed by atoms with E-state index in [-0.39, 0.29) is 10.6 Å². The molecule has 4 aromatic carbocycles. The van der Waals surface area contributed by atoms with Crippen molar-refractivity contribution < 1.29 is 13.2 Å². The zero-order valence-electron chi connectivity index (χ0n) is 18.4. The fourth-order valence-electron chi connectivity index (χ4n) is 3.79. The van der Waals surface area contributed by atoms with Crippen LogP contribution in [0.15, 0.2) is 108 Å². The Labute approximate surface area is 209 Å². The molecule has 0 N–H and O–H groups in total. The third-order valence-electron chi connectivity index (χ3n) is 5.47. The molecule has 1 aromatic heterocycles. The minimum Gasteiger partial charge on any atom is -0.166 e. The van der Waals surface area contributed by atoms with Gasteiger partial charge in [-0.2, -0.15) is 13.2 Å². The predicted octanol–water partition coefficient (Wildman–Crippen LogP) is 8.85. The Bertz CT molecular complexity index is 1450. The molecule has 5 aromatic rings. The maximum atomic E-state index is 13.4. The SMILES string of the molecule is FC(F)(F)c1ccccc1-c1nnc(-c2cccc(SCc3ccccc3-c3ccccc3)c2)s1. The average Bonchev–Trinajstić information content (AvgIpc) is 3.38. The molecule has 0 aliphatic heterocycles. The van der Waals surface area contributed by atoms with E-state index < -0.39 is 11.7 Å². The van der Waals surface area contributed by atoms with E-state index in [1.807, 2.05) is 54.6 Å². The molecule has 174 valence electrons. The van der Waals surface area contributed by atoms with E-state index in [2.05, 4.69) is 34.5 Å². The predicted molar refractivity (Wildman–Crippen MR) is 137 cm³/mol. The molecular weight excluding hydrogens is 485 g/mol. The van der Waals surface area contributed by atoms with E-state index in [9.17, 15) is 13.2 Å². The summed E-state index contributed by atoms with van der Waals surface area (Å²) in [5.74, 6) is 0.787. The smallest absolute Gasteiger partial charge is 0.166 e. The number of thioether (sulfide) groups is 1. The summed E-state index contributed by atoms with van der Waals surface area (Å²) in [4.78, 5) is 1.05. The molecule has 0 amide bonds. The van der Waals surface area contributed by atoms with Crippen molar-refractivity contribution in [2.75, 3.05) is 0 Å². The molecule has 7 heteroatoms. The number of halogens is 3. The van der Waals surface area contributed by atoms with Crippen LogP contribution in [0.25, 0.3) is 32.3 Å². The minimum absolute atomic E-state index is 0.0480. The van der Waals surface area contributed by atoms with E-state index in [1.54, 1.807) is 17.8 Å². The second-order valence-corrected chi connectivity index (χ2v) is 9.82. The van der Waals surface area contributed by atoms with Crippen molar-refractivity contribution >= 4 is 23.1 Å². The maximum absolute atomic E-state index is 13.4. The molecule has 0 saturated carbocycles. The Kier molecular flexibility index (Phi) is 6.70. The third kappa shape index (κ3) is 5.31. The van der Waals surface area contributed by atoms with Crippen LogP contribution in [-0.2, 0) is 11.9 Å². The van der Waals surface area contributed by atoms with Crippen LogP contribution in [0.1, 0.15) is 11.1 Å². The Balaban J connectivity index is 1.37. The number of benzene rings is 4. The number of alkyl halides is 3. The first-order valence-corrected chi connectivity index (χ1v) is 12.7. The number of hydrogen-bond acceptors (Lipinski definition) is 4. The van der Waals surface area contributed by atoms with Crippen molar-refractivity contribution in [3.63, 3.8) is 0 Å². The van der Waals surface area contributed by atoms with Gasteiger partial charge in [0.05, 0.1) is 5.56 Å². The lowest BCUT2D eigenvalue weighted by Crippen LogP contribution is -2.06. The highest BCUT2D eigenvalue weighted by atomic mass is 32.2. The van der Waals surface area contributed by atoms with E-state index in [1.165, 1.54) is 28.8 Å². The first-order valence-electron chi connectivity index (χ1n) is 10.9. The number of nitrogens with zero attached hydrogens (tertiary/aromatic N) is 2. The van der Waals surface area contributed by atoms with Crippen LogP contribution in [0, 0.1) is 0 Å². The highest BCUT2D eigenvalue weighted by Gasteiger charge is 2.34. The second kappa shape index (κ2) is 10.1. The molecule has 5 rings (SSSR count). The molecule has 0 unspecified atom stereocenters. The molecule has 0 aliphatic carbocycles. The normalized spacial score (nSPS) is 11.5. The van der Waals surface area contributed by atoms with Gasteiger partial charge in [-0.15, -0.1) is 22.0 Å². The van der Waals surface area contributed by atoms with Gasteiger partial charge in [0.2, 0.25) is 0 Å². The van der Waals surface area contributed by atoms with E-state index in [0.717, 1.165) is 33.6 Å². The topological polar surface area (TPSA) is 25.8 Å². The Hall–Kier alpha value is -3.42. The summed E-state index contributed by atoms with van der Waals surface area (Å²) in [5, 5.41) is 9.10. The first-order chi connectivity index (χ1) is 17.0. The quantitative estimate of drug-likeness (QED) is 0.216. The van der Waals surface area contributed by atoms with Crippen molar-refractivity contribution in [3.8, 4) is 32.3 Å². The van der Waals surface area contributed by atoms with E-state index >= 15 is 0 Å². The van der Waals surface area contributed by atoms with Gasteiger partial charge in [0.1, 0.15) is 10.0 Å². The van der Waals surface area contributed by atoms with Crippen molar-refractivity contribution in [1.82, 2.24) is 10.2 Å². The van der Waals surface area contributed by atoms with Gasteiger partial charge < -0.3 is 0 Å². The van der Waals surface area contributed by atoms with Gasteiger partial charge >= 0.3 is 6.18 Å². The fraction of sp³-hybridized carbons (Fsp3) is 0.0714. The van der Waals surface area contributed by atoms with Crippen molar-refractivity contribution in [2.24, 2.45) is 0 Å². The summed E-state index contributed by atoms with van der Waals surface area (Å²) in [6.45, 7) is 0. The molecule has 0 fully saturated rings. The van der Waals surface area contributed by atoms with Crippen LogP contribution in [0.3, 0.4) is 0 Å². The van der Waals surface area contributed by atoms with Gasteiger partial charge in [-0.25, -0.2) is 0 Å². The molecule has 0 atom stereocenters. The van der Waals surface area contributed by atoms with Crippen molar-refractivity contribution in [3.05, 3.63) is 114 Å². The van der Waals surface area contributed by atoms with Crippen LogP contribution in [0.4, 0.5) is 13.2 Å². The van der Waals surface area contributed by atoms with Crippen LogP contribution >= 0.6 is 23.1 Å². The lowest BCUT2D eigenvalue weighted by molar-refractivity contribution is -0.137. The van der Waals surface area contributed by atoms with Gasteiger partial charge in [-0.1, -0.05) is 96.3 Å². The minimum atomic E-state index is -4.45. The summed E-state index contributed by atoms with van der Waals surface area (Å²) >= 11 is 2.87. The molecule has 0 bridgehead atoms. The first kappa shape index (κ1) is 23.3. The van der Waals surface area contributed by atoms with Crippen molar-refractivity contribution in [2.45, 2.75) is 16.8 Å². The summed E-state index contributed by atoms with van der Waals surface area (Å²) in [7, 11) is 0. The molecule has 0 spiro atoms. The highest BCUT2D eigenvalue weighted by Crippen LogP contribution is 2.40.